The number of amides is 1. The van der Waals surface area contributed by atoms with E-state index in [1.807, 2.05) is 55.4 Å². The highest BCUT2D eigenvalue weighted by atomic mass is 16.5. The Balaban J connectivity index is 1.49. The predicted octanol–water partition coefficient (Wildman–Crippen LogP) is 5.93. The van der Waals surface area contributed by atoms with Crippen LogP contribution < -0.4 is 20.2 Å². The highest BCUT2D eigenvalue weighted by Gasteiger charge is 2.16. The van der Waals surface area contributed by atoms with Crippen LogP contribution in [0, 0.1) is 0 Å². The highest BCUT2D eigenvalue weighted by Crippen LogP contribution is 2.34. The van der Waals surface area contributed by atoms with Gasteiger partial charge in [-0.1, -0.05) is 36.4 Å². The maximum Gasteiger partial charge on any atom is 0.255 e. The van der Waals surface area contributed by atoms with Crippen LogP contribution in [0.15, 0.2) is 100 Å². The van der Waals surface area contributed by atoms with E-state index in [1.54, 1.807) is 54.6 Å². The van der Waals surface area contributed by atoms with Crippen LogP contribution >= 0.6 is 0 Å². The minimum atomic E-state index is -0.250. The van der Waals surface area contributed by atoms with Crippen molar-refractivity contribution in [3.63, 3.8) is 0 Å². The van der Waals surface area contributed by atoms with Crippen LogP contribution in [0.5, 0.6) is 17.2 Å². The number of hydrogen-bond acceptors (Lipinski definition) is 6. The summed E-state index contributed by atoms with van der Waals surface area (Å²) >= 11 is 0. The minimum Gasteiger partial charge on any atom is -0.491 e. The van der Waals surface area contributed by atoms with E-state index >= 15 is 0 Å². The largest absolute Gasteiger partial charge is 0.491 e. The van der Waals surface area contributed by atoms with Crippen molar-refractivity contribution in [3.8, 4) is 17.2 Å². The molecule has 7 heteroatoms. The molecule has 0 aliphatic heterocycles. The summed E-state index contributed by atoms with van der Waals surface area (Å²) in [6, 6.07) is 26.6. The Kier molecular flexibility index (Phi) is 6.87. The second-order valence-corrected chi connectivity index (χ2v) is 8.82. The third kappa shape index (κ3) is 5.47. The van der Waals surface area contributed by atoms with Crippen LogP contribution in [0.4, 0.5) is 5.69 Å². The van der Waals surface area contributed by atoms with E-state index in [4.69, 9.17) is 13.9 Å². The average molecular weight is 495 g/mol. The average Bonchev–Trinajstić information content (AvgIpc) is 2.89. The molecule has 0 aliphatic carbocycles. The van der Waals surface area contributed by atoms with Gasteiger partial charge in [0.1, 0.15) is 40.4 Å². The third-order valence-electron chi connectivity index (χ3n) is 5.78. The van der Waals surface area contributed by atoms with Crippen molar-refractivity contribution < 1.29 is 18.7 Å². The SMILES string of the molecule is CN(C)CCOc1cc(Oc2cccc(C(=O)Nc3ccccc3)c2)cc2oc3ccccc3c(=O)c12. The van der Waals surface area contributed by atoms with Gasteiger partial charge in [-0.05, 0) is 56.6 Å². The van der Waals surface area contributed by atoms with Crippen molar-refractivity contribution in [1.82, 2.24) is 4.90 Å². The van der Waals surface area contributed by atoms with Crippen molar-refractivity contribution in [2.45, 2.75) is 0 Å². The fourth-order valence-corrected chi connectivity index (χ4v) is 3.94. The number of rotatable bonds is 8. The van der Waals surface area contributed by atoms with Crippen LogP contribution in [-0.4, -0.2) is 38.1 Å². The Morgan fingerprint density at radius 1 is 0.865 bits per heavy atom. The molecule has 5 rings (SSSR count). The molecular formula is C30H26N2O5. The molecule has 4 aromatic carbocycles. The number of nitrogens with zero attached hydrogens (tertiary/aromatic N) is 1. The number of carbonyl (C=O) groups is 1. The maximum absolute atomic E-state index is 13.3. The predicted molar refractivity (Wildman–Crippen MR) is 145 cm³/mol. The summed E-state index contributed by atoms with van der Waals surface area (Å²) in [7, 11) is 3.90. The van der Waals surface area contributed by atoms with Gasteiger partial charge in [-0.25, -0.2) is 0 Å². The van der Waals surface area contributed by atoms with E-state index in [2.05, 4.69) is 5.32 Å². The number of ether oxygens (including phenoxy) is 2. The first-order chi connectivity index (χ1) is 18.0. The normalized spacial score (nSPS) is 11.1. The number of hydrogen-bond donors (Lipinski definition) is 1. The van der Waals surface area contributed by atoms with Gasteiger partial charge in [0.2, 0.25) is 5.43 Å². The number of benzene rings is 4. The van der Waals surface area contributed by atoms with Gasteiger partial charge in [-0.3, -0.25) is 9.59 Å². The Hall–Kier alpha value is -4.62. The molecule has 0 unspecified atom stereocenters. The number of para-hydroxylation sites is 2. The summed E-state index contributed by atoms with van der Waals surface area (Å²) < 4.78 is 18.2. The first kappa shape index (κ1) is 24.1. The summed E-state index contributed by atoms with van der Waals surface area (Å²) in [5, 5.41) is 3.72. The number of fused-ring (bicyclic) bond motifs is 2. The van der Waals surface area contributed by atoms with Crippen LogP contribution in [0.1, 0.15) is 10.4 Å². The Bertz CT molecular complexity index is 1630. The number of anilines is 1. The van der Waals surface area contributed by atoms with Crippen LogP contribution in [-0.2, 0) is 0 Å². The molecule has 0 fully saturated rings. The van der Waals surface area contributed by atoms with Gasteiger partial charge < -0.3 is 24.1 Å². The van der Waals surface area contributed by atoms with Gasteiger partial charge >= 0.3 is 0 Å². The maximum atomic E-state index is 13.3. The number of nitrogens with one attached hydrogen (secondary N) is 1. The van der Waals surface area contributed by atoms with E-state index in [0.29, 0.717) is 63.6 Å². The zero-order chi connectivity index (χ0) is 25.8. The van der Waals surface area contributed by atoms with E-state index in [1.165, 1.54) is 0 Å². The molecule has 0 atom stereocenters. The van der Waals surface area contributed by atoms with E-state index < -0.39 is 0 Å². The van der Waals surface area contributed by atoms with Crippen molar-refractivity contribution in [1.29, 1.82) is 0 Å². The van der Waals surface area contributed by atoms with Gasteiger partial charge in [0.25, 0.3) is 5.91 Å². The molecule has 0 radical (unpaired) electrons. The smallest absolute Gasteiger partial charge is 0.255 e. The summed E-state index contributed by atoms with van der Waals surface area (Å²) in [6.07, 6.45) is 0. The lowest BCUT2D eigenvalue weighted by Gasteiger charge is -2.15. The molecule has 0 bridgehead atoms. The first-order valence-electron chi connectivity index (χ1n) is 11.9. The Morgan fingerprint density at radius 2 is 1.65 bits per heavy atom. The lowest BCUT2D eigenvalue weighted by molar-refractivity contribution is 0.102. The molecule has 0 spiro atoms. The minimum absolute atomic E-state index is 0.164. The van der Waals surface area contributed by atoms with Gasteiger partial charge in [0, 0.05) is 29.9 Å². The fourth-order valence-electron chi connectivity index (χ4n) is 3.94. The fraction of sp³-hybridized carbons (Fsp3) is 0.133. The van der Waals surface area contributed by atoms with Crippen LogP contribution in [0.3, 0.4) is 0 Å². The molecule has 0 saturated carbocycles. The Labute approximate surface area is 213 Å². The van der Waals surface area contributed by atoms with E-state index in [-0.39, 0.29) is 11.3 Å². The van der Waals surface area contributed by atoms with Crippen molar-refractivity contribution >= 4 is 33.5 Å². The monoisotopic (exact) mass is 494 g/mol. The Morgan fingerprint density at radius 3 is 2.46 bits per heavy atom. The van der Waals surface area contributed by atoms with E-state index in [0.717, 1.165) is 0 Å². The summed E-state index contributed by atoms with van der Waals surface area (Å²) in [4.78, 5) is 28.0. The standard InChI is InChI=1S/C30H26N2O5/c1-32(2)15-16-35-26-18-23(19-27-28(26)29(33)24-13-6-7-14-25(24)37-27)36-22-12-8-9-20(17-22)30(34)31-21-10-4-3-5-11-21/h3-14,17-19H,15-16H2,1-2H3,(H,31,34). The summed E-state index contributed by atoms with van der Waals surface area (Å²) in [6.45, 7) is 1.05. The molecule has 186 valence electrons. The molecule has 0 aliphatic rings. The van der Waals surface area contributed by atoms with Crippen LogP contribution in [0.2, 0.25) is 0 Å². The van der Waals surface area contributed by atoms with Crippen LogP contribution in [0.25, 0.3) is 21.9 Å². The molecule has 5 aromatic rings. The molecule has 1 aromatic heterocycles. The third-order valence-corrected chi connectivity index (χ3v) is 5.78. The summed E-state index contributed by atoms with van der Waals surface area (Å²) in [5.41, 5.74) is 1.83. The number of carbonyl (C=O) groups excluding carboxylic acids is 1. The van der Waals surface area contributed by atoms with Gasteiger partial charge in [-0.15, -0.1) is 0 Å². The number of likely N-dealkylation sites (N-methyl/N-ethyl adjacent to an activating group) is 1. The van der Waals surface area contributed by atoms with Crippen molar-refractivity contribution in [2.24, 2.45) is 0 Å². The molecule has 37 heavy (non-hydrogen) atoms. The molecule has 1 amide bonds. The summed E-state index contributed by atoms with van der Waals surface area (Å²) in [5.74, 6) is 1.01. The molecule has 7 nitrogen and oxygen atoms in total. The zero-order valence-corrected chi connectivity index (χ0v) is 20.6. The first-order valence-corrected chi connectivity index (χ1v) is 11.9. The van der Waals surface area contributed by atoms with Gasteiger partial charge in [0.15, 0.2) is 0 Å². The van der Waals surface area contributed by atoms with E-state index in [9.17, 15) is 9.59 Å². The second-order valence-electron chi connectivity index (χ2n) is 8.82. The van der Waals surface area contributed by atoms with Crippen molar-refractivity contribution in [3.05, 3.63) is 107 Å². The zero-order valence-electron chi connectivity index (χ0n) is 20.6. The highest BCUT2D eigenvalue weighted by molar-refractivity contribution is 6.04. The lowest BCUT2D eigenvalue weighted by Crippen LogP contribution is -2.20. The molecular weight excluding hydrogens is 468 g/mol. The molecule has 0 saturated heterocycles. The van der Waals surface area contributed by atoms with Crippen molar-refractivity contribution in [2.75, 3.05) is 32.6 Å². The molecule has 1 N–H and O–H groups in total. The topological polar surface area (TPSA) is 81.0 Å². The lowest BCUT2D eigenvalue weighted by atomic mass is 10.1. The van der Waals surface area contributed by atoms with Gasteiger partial charge in [0.05, 0.1) is 5.39 Å². The quantitative estimate of drug-likeness (QED) is 0.269. The molecule has 1 heterocycles. The van der Waals surface area contributed by atoms with Gasteiger partial charge in [-0.2, -0.15) is 0 Å². The second kappa shape index (κ2) is 10.6.